The van der Waals surface area contributed by atoms with Crippen molar-refractivity contribution >= 4 is 38.6 Å². The second-order valence-corrected chi connectivity index (χ2v) is 10.4. The Bertz CT molecular complexity index is 1360. The highest BCUT2D eigenvalue weighted by Gasteiger charge is 2.26. The van der Waals surface area contributed by atoms with Crippen molar-refractivity contribution in [3.63, 3.8) is 0 Å². The summed E-state index contributed by atoms with van der Waals surface area (Å²) in [6.07, 6.45) is 3.71. The predicted molar refractivity (Wildman–Crippen MR) is 134 cm³/mol. The van der Waals surface area contributed by atoms with E-state index in [0.29, 0.717) is 24.8 Å². The summed E-state index contributed by atoms with van der Waals surface area (Å²) in [5, 5.41) is 0.524. The van der Waals surface area contributed by atoms with Crippen LogP contribution in [0.25, 0.3) is 21.5 Å². The van der Waals surface area contributed by atoms with Gasteiger partial charge in [-0.2, -0.15) is 4.98 Å². The van der Waals surface area contributed by atoms with Gasteiger partial charge in [-0.05, 0) is 41.7 Å². The highest BCUT2D eigenvalue weighted by Crippen LogP contribution is 2.37. The second kappa shape index (κ2) is 7.84. The number of nitrogens with two attached hydrogens (primary N) is 2. The Morgan fingerprint density at radius 2 is 1.85 bits per heavy atom. The standard InChI is InChI=1S/C24H27N7OS/c1-13-7-14(15-9-18-21(27-10-15)33-23(26)29-18)8-16-12-31(5-6-32-19(13)16)20-17(24(2,3)4)11-28-22(25)30-20/h7-11H,5-6,12H2,1-4H3,(H2,26,29)(H2,25,28,30). The summed E-state index contributed by atoms with van der Waals surface area (Å²) in [6.45, 7) is 10.5. The first-order valence-electron chi connectivity index (χ1n) is 10.9. The number of rotatable bonds is 2. The van der Waals surface area contributed by atoms with Gasteiger partial charge in [-0.3, -0.25) is 0 Å². The van der Waals surface area contributed by atoms with Gasteiger partial charge in [-0.1, -0.05) is 32.1 Å². The van der Waals surface area contributed by atoms with Crippen LogP contribution >= 0.6 is 11.3 Å². The summed E-state index contributed by atoms with van der Waals surface area (Å²) in [5.41, 5.74) is 17.8. The van der Waals surface area contributed by atoms with Gasteiger partial charge in [0.1, 0.15) is 28.5 Å². The number of anilines is 3. The molecule has 0 radical (unpaired) electrons. The lowest BCUT2D eigenvalue weighted by Crippen LogP contribution is -2.30. The number of thiazole rings is 1. The molecule has 0 unspecified atom stereocenters. The van der Waals surface area contributed by atoms with E-state index < -0.39 is 0 Å². The summed E-state index contributed by atoms with van der Waals surface area (Å²) < 4.78 is 6.19. The van der Waals surface area contributed by atoms with Gasteiger partial charge in [0.25, 0.3) is 0 Å². The molecule has 0 saturated heterocycles. The molecule has 5 rings (SSSR count). The lowest BCUT2D eigenvalue weighted by molar-refractivity contribution is 0.329. The summed E-state index contributed by atoms with van der Waals surface area (Å²) in [7, 11) is 0. The lowest BCUT2D eigenvalue weighted by atomic mass is 9.88. The number of aromatic nitrogens is 4. The van der Waals surface area contributed by atoms with Crippen molar-refractivity contribution in [1.29, 1.82) is 0 Å². The smallest absolute Gasteiger partial charge is 0.221 e. The van der Waals surface area contributed by atoms with Gasteiger partial charge in [-0.25, -0.2) is 15.0 Å². The lowest BCUT2D eigenvalue weighted by Gasteiger charge is -2.29. The number of aryl methyl sites for hydroxylation is 1. The summed E-state index contributed by atoms with van der Waals surface area (Å²) >= 11 is 1.39. The summed E-state index contributed by atoms with van der Waals surface area (Å²) in [6, 6.07) is 6.34. The van der Waals surface area contributed by atoms with Gasteiger partial charge >= 0.3 is 0 Å². The fourth-order valence-corrected chi connectivity index (χ4v) is 4.87. The third kappa shape index (κ3) is 4.04. The largest absolute Gasteiger partial charge is 0.491 e. The molecule has 0 fully saturated rings. The topological polar surface area (TPSA) is 116 Å². The monoisotopic (exact) mass is 461 g/mol. The van der Waals surface area contributed by atoms with Gasteiger partial charge in [0.05, 0.1) is 6.54 Å². The molecule has 33 heavy (non-hydrogen) atoms. The average Bonchev–Trinajstić information content (AvgIpc) is 2.98. The molecule has 1 aliphatic rings. The first-order chi connectivity index (χ1) is 15.7. The number of fused-ring (bicyclic) bond motifs is 2. The minimum atomic E-state index is -0.118. The van der Waals surface area contributed by atoms with E-state index in [1.807, 2.05) is 18.5 Å². The molecule has 1 aliphatic heterocycles. The minimum absolute atomic E-state index is 0.118. The van der Waals surface area contributed by atoms with E-state index in [4.69, 9.17) is 16.2 Å². The second-order valence-electron chi connectivity index (χ2n) is 9.37. The molecule has 0 atom stereocenters. The van der Waals surface area contributed by atoms with E-state index in [0.717, 1.165) is 49.7 Å². The zero-order valence-electron chi connectivity index (χ0n) is 19.2. The van der Waals surface area contributed by atoms with Gasteiger partial charge in [0.2, 0.25) is 5.95 Å². The highest BCUT2D eigenvalue weighted by atomic mass is 32.1. The van der Waals surface area contributed by atoms with Crippen LogP contribution < -0.4 is 21.1 Å². The van der Waals surface area contributed by atoms with Crippen LogP contribution in [0, 0.1) is 6.92 Å². The van der Waals surface area contributed by atoms with Crippen LogP contribution in [0.15, 0.2) is 30.6 Å². The molecule has 3 aromatic heterocycles. The molecule has 0 bridgehead atoms. The predicted octanol–water partition coefficient (Wildman–Crippen LogP) is 4.32. The van der Waals surface area contributed by atoms with Gasteiger partial charge < -0.3 is 21.1 Å². The number of hydrogen-bond donors (Lipinski definition) is 2. The number of hydrogen-bond acceptors (Lipinski definition) is 9. The van der Waals surface area contributed by atoms with Gasteiger partial charge in [0.15, 0.2) is 5.13 Å². The molecule has 1 aromatic carbocycles. The molecule has 0 saturated carbocycles. The third-order valence-electron chi connectivity index (χ3n) is 5.81. The summed E-state index contributed by atoms with van der Waals surface area (Å²) in [5.74, 6) is 2.05. The Morgan fingerprint density at radius 3 is 2.64 bits per heavy atom. The van der Waals surface area contributed by atoms with Crippen molar-refractivity contribution in [3.8, 4) is 16.9 Å². The van der Waals surface area contributed by atoms with Gasteiger partial charge in [0, 0.05) is 35.6 Å². The van der Waals surface area contributed by atoms with E-state index in [2.05, 4.69) is 64.7 Å². The van der Waals surface area contributed by atoms with Crippen molar-refractivity contribution in [2.24, 2.45) is 0 Å². The van der Waals surface area contributed by atoms with Crippen LogP contribution in [-0.4, -0.2) is 33.1 Å². The number of nitrogen functional groups attached to an aromatic ring is 2. The molecule has 4 aromatic rings. The maximum atomic E-state index is 6.19. The van der Waals surface area contributed by atoms with E-state index in [9.17, 15) is 0 Å². The third-order valence-corrected chi connectivity index (χ3v) is 6.62. The Morgan fingerprint density at radius 1 is 1.03 bits per heavy atom. The zero-order valence-corrected chi connectivity index (χ0v) is 20.0. The fourth-order valence-electron chi connectivity index (χ4n) is 4.21. The van der Waals surface area contributed by atoms with Crippen molar-refractivity contribution in [2.75, 3.05) is 29.5 Å². The molecule has 170 valence electrons. The van der Waals surface area contributed by atoms with E-state index in [1.54, 1.807) is 0 Å². The fraction of sp³-hybridized carbons (Fsp3) is 0.333. The summed E-state index contributed by atoms with van der Waals surface area (Å²) in [4.78, 5) is 20.9. The molecule has 0 spiro atoms. The Labute approximate surface area is 196 Å². The number of pyridine rings is 1. The first kappa shape index (κ1) is 21.4. The van der Waals surface area contributed by atoms with Gasteiger partial charge in [-0.15, -0.1) is 0 Å². The van der Waals surface area contributed by atoms with Crippen LogP contribution in [0.4, 0.5) is 16.9 Å². The molecule has 9 heteroatoms. The average molecular weight is 462 g/mol. The first-order valence-corrected chi connectivity index (χ1v) is 11.7. The van der Waals surface area contributed by atoms with Crippen LogP contribution in [0.3, 0.4) is 0 Å². The molecule has 8 nitrogen and oxygen atoms in total. The Kier molecular flexibility index (Phi) is 5.08. The van der Waals surface area contributed by atoms with E-state index >= 15 is 0 Å². The maximum absolute atomic E-state index is 6.19. The number of benzene rings is 1. The van der Waals surface area contributed by atoms with Crippen LogP contribution in [0.2, 0.25) is 0 Å². The Balaban J connectivity index is 1.57. The Hall–Kier alpha value is -3.46. The number of nitrogens with zero attached hydrogens (tertiary/aromatic N) is 5. The normalized spacial score (nSPS) is 14.1. The molecule has 0 aliphatic carbocycles. The molecular formula is C24H27N7OS. The molecule has 0 amide bonds. The van der Waals surface area contributed by atoms with E-state index in [1.165, 1.54) is 11.3 Å². The molecular weight excluding hydrogens is 434 g/mol. The highest BCUT2D eigenvalue weighted by molar-refractivity contribution is 7.21. The van der Waals surface area contributed by atoms with E-state index in [-0.39, 0.29) is 11.4 Å². The van der Waals surface area contributed by atoms with Crippen LogP contribution in [0.1, 0.15) is 37.5 Å². The number of ether oxygens (including phenoxy) is 1. The maximum Gasteiger partial charge on any atom is 0.221 e. The van der Waals surface area contributed by atoms with Crippen molar-refractivity contribution in [3.05, 3.63) is 47.3 Å². The van der Waals surface area contributed by atoms with Crippen molar-refractivity contribution in [1.82, 2.24) is 19.9 Å². The molecule has 4 heterocycles. The van der Waals surface area contributed by atoms with Crippen LogP contribution in [-0.2, 0) is 12.0 Å². The van der Waals surface area contributed by atoms with Crippen molar-refractivity contribution < 1.29 is 4.74 Å². The van der Waals surface area contributed by atoms with Crippen molar-refractivity contribution in [2.45, 2.75) is 39.7 Å². The van der Waals surface area contributed by atoms with Crippen LogP contribution in [0.5, 0.6) is 5.75 Å². The quantitative estimate of drug-likeness (QED) is 0.453. The SMILES string of the molecule is Cc1cc(-c2cnc3sc(N)nc3c2)cc2c1OCCN(c1nc(N)ncc1C(C)(C)C)C2. The molecule has 4 N–H and O–H groups in total. The minimum Gasteiger partial charge on any atom is -0.491 e. The zero-order chi connectivity index (χ0) is 23.3.